The van der Waals surface area contributed by atoms with Crippen LogP contribution in [0, 0.1) is 11.3 Å². The van der Waals surface area contributed by atoms with Gasteiger partial charge in [-0.1, -0.05) is 31.9 Å². The lowest BCUT2D eigenvalue weighted by atomic mass is 9.75. The molecule has 2 atom stereocenters. The summed E-state index contributed by atoms with van der Waals surface area (Å²) in [5.74, 6) is 0.854. The molecule has 2 aliphatic carbocycles. The van der Waals surface area contributed by atoms with Gasteiger partial charge in [0, 0.05) is 6.04 Å². The number of likely N-dealkylation sites (N-methyl/N-ethyl adjacent to an activating group) is 1. The SMILES string of the molecule is CNC(C1=CCCC1)C1CCCC1(C)C. The van der Waals surface area contributed by atoms with E-state index < -0.39 is 0 Å². The summed E-state index contributed by atoms with van der Waals surface area (Å²) in [6, 6.07) is 0.657. The van der Waals surface area contributed by atoms with Gasteiger partial charge < -0.3 is 5.32 Å². The number of hydrogen-bond acceptors (Lipinski definition) is 1. The Balaban J connectivity index is 2.12. The van der Waals surface area contributed by atoms with Gasteiger partial charge in [0.15, 0.2) is 0 Å². The van der Waals surface area contributed by atoms with E-state index in [0.29, 0.717) is 11.5 Å². The standard InChI is InChI=1S/C14H25N/c1-14(2)10-6-9-12(14)13(15-3)11-7-4-5-8-11/h7,12-13,15H,4-6,8-10H2,1-3H3. The minimum absolute atomic E-state index is 0.539. The molecule has 0 spiro atoms. The molecule has 0 saturated heterocycles. The summed E-state index contributed by atoms with van der Waals surface area (Å²) in [7, 11) is 2.14. The average Bonchev–Trinajstić information content (AvgIpc) is 2.78. The molecule has 2 aliphatic rings. The van der Waals surface area contributed by atoms with E-state index in [1.54, 1.807) is 5.57 Å². The van der Waals surface area contributed by atoms with Crippen LogP contribution in [0.2, 0.25) is 0 Å². The summed E-state index contributed by atoms with van der Waals surface area (Å²) < 4.78 is 0. The van der Waals surface area contributed by atoms with Gasteiger partial charge in [-0.05, 0) is 50.5 Å². The molecule has 0 aliphatic heterocycles. The van der Waals surface area contributed by atoms with E-state index in [1.165, 1.54) is 38.5 Å². The van der Waals surface area contributed by atoms with Gasteiger partial charge in [-0.15, -0.1) is 0 Å². The molecule has 86 valence electrons. The minimum Gasteiger partial charge on any atom is -0.313 e. The lowest BCUT2D eigenvalue weighted by molar-refractivity contribution is 0.218. The second kappa shape index (κ2) is 4.29. The van der Waals surface area contributed by atoms with Crippen LogP contribution in [-0.2, 0) is 0 Å². The second-order valence-corrected chi connectivity index (χ2v) is 5.92. The zero-order chi connectivity index (χ0) is 10.9. The van der Waals surface area contributed by atoms with Crippen molar-refractivity contribution in [3.63, 3.8) is 0 Å². The fraction of sp³-hybridized carbons (Fsp3) is 0.857. The smallest absolute Gasteiger partial charge is 0.0310 e. The van der Waals surface area contributed by atoms with Crippen LogP contribution in [0.4, 0.5) is 0 Å². The van der Waals surface area contributed by atoms with E-state index >= 15 is 0 Å². The molecule has 0 radical (unpaired) electrons. The maximum absolute atomic E-state index is 3.57. The van der Waals surface area contributed by atoms with Gasteiger partial charge in [-0.2, -0.15) is 0 Å². The lowest BCUT2D eigenvalue weighted by Crippen LogP contribution is -2.40. The van der Waals surface area contributed by atoms with E-state index in [0.717, 1.165) is 5.92 Å². The molecule has 1 nitrogen and oxygen atoms in total. The van der Waals surface area contributed by atoms with Gasteiger partial charge in [-0.3, -0.25) is 0 Å². The molecule has 1 N–H and O–H groups in total. The maximum atomic E-state index is 3.57. The largest absolute Gasteiger partial charge is 0.313 e. The van der Waals surface area contributed by atoms with Gasteiger partial charge in [0.25, 0.3) is 0 Å². The van der Waals surface area contributed by atoms with Gasteiger partial charge in [-0.25, -0.2) is 0 Å². The van der Waals surface area contributed by atoms with E-state index in [1.807, 2.05) is 0 Å². The second-order valence-electron chi connectivity index (χ2n) is 5.92. The third-order valence-corrected chi connectivity index (χ3v) is 4.53. The fourth-order valence-electron chi connectivity index (χ4n) is 3.59. The van der Waals surface area contributed by atoms with Gasteiger partial charge >= 0.3 is 0 Å². The molecule has 0 heterocycles. The van der Waals surface area contributed by atoms with E-state index in [-0.39, 0.29) is 0 Å². The van der Waals surface area contributed by atoms with Crippen LogP contribution in [0.25, 0.3) is 0 Å². The highest BCUT2D eigenvalue weighted by molar-refractivity contribution is 5.18. The number of allylic oxidation sites excluding steroid dienone is 1. The summed E-state index contributed by atoms with van der Waals surface area (Å²) in [6.07, 6.45) is 10.7. The summed E-state index contributed by atoms with van der Waals surface area (Å²) in [5.41, 5.74) is 2.23. The third-order valence-electron chi connectivity index (χ3n) is 4.53. The highest BCUT2D eigenvalue weighted by Gasteiger charge is 2.40. The maximum Gasteiger partial charge on any atom is 0.0310 e. The zero-order valence-corrected chi connectivity index (χ0v) is 10.5. The molecule has 2 unspecified atom stereocenters. The van der Waals surface area contributed by atoms with Crippen LogP contribution in [-0.4, -0.2) is 13.1 Å². The van der Waals surface area contributed by atoms with Crippen molar-refractivity contribution in [1.29, 1.82) is 0 Å². The molecule has 0 bridgehead atoms. The first kappa shape index (κ1) is 11.2. The first-order valence-corrected chi connectivity index (χ1v) is 6.51. The van der Waals surface area contributed by atoms with Crippen LogP contribution >= 0.6 is 0 Å². The average molecular weight is 207 g/mol. The van der Waals surface area contributed by atoms with Crippen molar-refractivity contribution >= 4 is 0 Å². The molecular formula is C14H25N. The molecule has 0 aromatic rings. The van der Waals surface area contributed by atoms with Gasteiger partial charge in [0.05, 0.1) is 0 Å². The van der Waals surface area contributed by atoms with Crippen LogP contribution in [0.1, 0.15) is 52.4 Å². The predicted octanol–water partition coefficient (Wildman–Crippen LogP) is 3.51. The Kier molecular flexibility index (Phi) is 3.20. The van der Waals surface area contributed by atoms with Crippen molar-refractivity contribution in [1.82, 2.24) is 5.32 Å². The quantitative estimate of drug-likeness (QED) is 0.698. The molecule has 15 heavy (non-hydrogen) atoms. The molecule has 1 fully saturated rings. The molecule has 2 rings (SSSR count). The Morgan fingerprint density at radius 1 is 1.40 bits per heavy atom. The molecule has 1 saturated carbocycles. The van der Waals surface area contributed by atoms with E-state index in [4.69, 9.17) is 0 Å². The Morgan fingerprint density at radius 2 is 2.20 bits per heavy atom. The highest BCUT2D eigenvalue weighted by atomic mass is 14.9. The Labute approximate surface area is 94.3 Å². The molecular weight excluding hydrogens is 182 g/mol. The van der Waals surface area contributed by atoms with Crippen LogP contribution < -0.4 is 5.32 Å². The Bertz CT molecular complexity index is 252. The van der Waals surface area contributed by atoms with Crippen LogP contribution in [0.3, 0.4) is 0 Å². The monoisotopic (exact) mass is 207 g/mol. The minimum atomic E-state index is 0.539. The third kappa shape index (κ3) is 2.13. The van der Waals surface area contributed by atoms with Crippen LogP contribution in [0.15, 0.2) is 11.6 Å². The number of hydrogen-bond donors (Lipinski definition) is 1. The van der Waals surface area contributed by atoms with E-state index in [2.05, 4.69) is 32.3 Å². The zero-order valence-electron chi connectivity index (χ0n) is 10.5. The van der Waals surface area contributed by atoms with Crippen molar-refractivity contribution in [2.75, 3.05) is 7.05 Å². The van der Waals surface area contributed by atoms with Crippen LogP contribution in [0.5, 0.6) is 0 Å². The topological polar surface area (TPSA) is 12.0 Å². The van der Waals surface area contributed by atoms with Gasteiger partial charge in [0.2, 0.25) is 0 Å². The predicted molar refractivity (Wildman–Crippen MR) is 65.9 cm³/mol. The molecule has 0 aromatic heterocycles. The number of nitrogens with one attached hydrogen (secondary N) is 1. The lowest BCUT2D eigenvalue weighted by Gasteiger charge is -2.35. The fourth-order valence-corrected chi connectivity index (χ4v) is 3.59. The summed E-state index contributed by atoms with van der Waals surface area (Å²) in [6.45, 7) is 4.90. The molecule has 0 amide bonds. The summed E-state index contributed by atoms with van der Waals surface area (Å²) >= 11 is 0. The van der Waals surface area contributed by atoms with Crippen molar-refractivity contribution in [2.45, 2.75) is 58.4 Å². The van der Waals surface area contributed by atoms with E-state index in [9.17, 15) is 0 Å². The van der Waals surface area contributed by atoms with Crippen molar-refractivity contribution < 1.29 is 0 Å². The Hall–Kier alpha value is -0.300. The van der Waals surface area contributed by atoms with Gasteiger partial charge in [0.1, 0.15) is 0 Å². The normalized spacial score (nSPS) is 31.7. The first-order valence-electron chi connectivity index (χ1n) is 6.51. The number of rotatable bonds is 3. The molecule has 0 aromatic carbocycles. The highest BCUT2D eigenvalue weighted by Crippen LogP contribution is 2.46. The summed E-state index contributed by atoms with van der Waals surface area (Å²) in [5, 5.41) is 3.57. The van der Waals surface area contributed by atoms with Crippen molar-refractivity contribution in [3.8, 4) is 0 Å². The van der Waals surface area contributed by atoms with Crippen molar-refractivity contribution in [2.24, 2.45) is 11.3 Å². The molecule has 1 heteroatoms. The summed E-state index contributed by atoms with van der Waals surface area (Å²) in [4.78, 5) is 0. The first-order chi connectivity index (χ1) is 7.15. The van der Waals surface area contributed by atoms with Crippen molar-refractivity contribution in [3.05, 3.63) is 11.6 Å². The Morgan fingerprint density at radius 3 is 2.67 bits per heavy atom.